The summed E-state index contributed by atoms with van der Waals surface area (Å²) in [6.45, 7) is 1.66. The lowest BCUT2D eigenvalue weighted by Gasteiger charge is -2.20. The molecular formula is C14H22N2O. The van der Waals surface area contributed by atoms with Gasteiger partial charge in [-0.2, -0.15) is 0 Å². The molecule has 0 spiro atoms. The van der Waals surface area contributed by atoms with Crippen molar-refractivity contribution in [2.75, 3.05) is 13.7 Å². The smallest absolute Gasteiger partial charge is 0.123 e. The first-order valence-electron chi connectivity index (χ1n) is 6.40. The number of benzene rings is 1. The highest BCUT2D eigenvalue weighted by Crippen LogP contribution is 2.25. The highest BCUT2D eigenvalue weighted by Gasteiger charge is 2.25. The van der Waals surface area contributed by atoms with Gasteiger partial charge in [0.2, 0.25) is 0 Å². The maximum atomic E-state index is 5.78. The summed E-state index contributed by atoms with van der Waals surface area (Å²) < 4.78 is 5.35. The summed E-state index contributed by atoms with van der Waals surface area (Å²) in [5, 5.41) is 3.61. The van der Waals surface area contributed by atoms with Gasteiger partial charge < -0.3 is 15.8 Å². The van der Waals surface area contributed by atoms with Crippen molar-refractivity contribution in [3.05, 3.63) is 29.8 Å². The van der Waals surface area contributed by atoms with Crippen LogP contribution in [0.25, 0.3) is 0 Å². The Labute approximate surface area is 103 Å². The third kappa shape index (κ3) is 2.99. The lowest BCUT2D eigenvalue weighted by Crippen LogP contribution is -2.35. The molecule has 2 unspecified atom stereocenters. The molecule has 1 fully saturated rings. The Morgan fingerprint density at radius 3 is 2.94 bits per heavy atom. The van der Waals surface area contributed by atoms with Crippen LogP contribution in [0.1, 0.15) is 24.8 Å². The largest absolute Gasteiger partial charge is 0.496 e. The van der Waals surface area contributed by atoms with Crippen molar-refractivity contribution < 1.29 is 4.74 Å². The summed E-state index contributed by atoms with van der Waals surface area (Å²) >= 11 is 0. The van der Waals surface area contributed by atoms with Gasteiger partial charge in [-0.25, -0.2) is 0 Å². The summed E-state index contributed by atoms with van der Waals surface area (Å²) in [7, 11) is 1.72. The van der Waals surface area contributed by atoms with E-state index in [0.717, 1.165) is 18.8 Å². The van der Waals surface area contributed by atoms with Gasteiger partial charge in [-0.15, -0.1) is 0 Å². The van der Waals surface area contributed by atoms with Gasteiger partial charge in [0.05, 0.1) is 7.11 Å². The Bertz CT molecular complexity index is 354. The third-order valence-corrected chi connectivity index (χ3v) is 3.71. The van der Waals surface area contributed by atoms with Crippen molar-refractivity contribution in [2.45, 2.75) is 31.8 Å². The van der Waals surface area contributed by atoms with E-state index >= 15 is 0 Å². The monoisotopic (exact) mass is 234 g/mol. The van der Waals surface area contributed by atoms with E-state index in [4.69, 9.17) is 10.5 Å². The second-order valence-electron chi connectivity index (χ2n) is 4.73. The minimum Gasteiger partial charge on any atom is -0.496 e. The van der Waals surface area contributed by atoms with Crippen LogP contribution in [0.15, 0.2) is 24.3 Å². The predicted molar refractivity (Wildman–Crippen MR) is 70.0 cm³/mol. The molecule has 1 saturated carbocycles. The summed E-state index contributed by atoms with van der Waals surface area (Å²) in [6.07, 6.45) is 3.81. The molecule has 3 heteroatoms. The van der Waals surface area contributed by atoms with Crippen LogP contribution in [0.4, 0.5) is 0 Å². The SMILES string of the molecule is COc1ccccc1CNC1CCCC1CN. The van der Waals surface area contributed by atoms with Crippen LogP contribution >= 0.6 is 0 Å². The van der Waals surface area contributed by atoms with E-state index in [1.165, 1.54) is 24.8 Å². The third-order valence-electron chi connectivity index (χ3n) is 3.71. The minimum atomic E-state index is 0.574. The van der Waals surface area contributed by atoms with Gasteiger partial charge in [0, 0.05) is 18.2 Å². The zero-order valence-corrected chi connectivity index (χ0v) is 10.5. The first-order chi connectivity index (χ1) is 8.35. The lowest BCUT2D eigenvalue weighted by molar-refractivity contribution is 0.388. The van der Waals surface area contributed by atoms with Crippen molar-refractivity contribution in [1.29, 1.82) is 0 Å². The molecule has 0 amide bonds. The Morgan fingerprint density at radius 2 is 2.18 bits per heavy atom. The molecule has 2 rings (SSSR count). The molecule has 0 radical (unpaired) electrons. The number of para-hydroxylation sites is 1. The van der Waals surface area contributed by atoms with Crippen molar-refractivity contribution in [2.24, 2.45) is 11.7 Å². The lowest BCUT2D eigenvalue weighted by atomic mass is 10.0. The van der Waals surface area contributed by atoms with Crippen LogP contribution in [0, 0.1) is 5.92 Å². The van der Waals surface area contributed by atoms with Crippen molar-refractivity contribution >= 4 is 0 Å². The second-order valence-corrected chi connectivity index (χ2v) is 4.73. The van der Waals surface area contributed by atoms with E-state index in [1.54, 1.807) is 7.11 Å². The van der Waals surface area contributed by atoms with Crippen molar-refractivity contribution in [1.82, 2.24) is 5.32 Å². The van der Waals surface area contributed by atoms with E-state index in [9.17, 15) is 0 Å². The summed E-state index contributed by atoms with van der Waals surface area (Å²) in [4.78, 5) is 0. The number of hydrogen-bond donors (Lipinski definition) is 2. The number of hydrogen-bond acceptors (Lipinski definition) is 3. The number of rotatable bonds is 5. The highest BCUT2D eigenvalue weighted by molar-refractivity contribution is 5.33. The molecule has 1 aliphatic carbocycles. The molecule has 17 heavy (non-hydrogen) atoms. The molecule has 3 N–H and O–H groups in total. The molecule has 0 aliphatic heterocycles. The van der Waals surface area contributed by atoms with Gasteiger partial charge in [-0.1, -0.05) is 24.6 Å². The van der Waals surface area contributed by atoms with Crippen LogP contribution < -0.4 is 15.8 Å². The van der Waals surface area contributed by atoms with Crippen LogP contribution in [-0.4, -0.2) is 19.7 Å². The molecule has 0 aromatic heterocycles. The Hall–Kier alpha value is -1.06. The maximum Gasteiger partial charge on any atom is 0.123 e. The topological polar surface area (TPSA) is 47.3 Å². The summed E-state index contributed by atoms with van der Waals surface area (Å²) in [5.74, 6) is 1.60. The minimum absolute atomic E-state index is 0.574. The molecule has 94 valence electrons. The number of nitrogens with one attached hydrogen (secondary N) is 1. The van der Waals surface area contributed by atoms with Crippen LogP contribution in [0.5, 0.6) is 5.75 Å². The predicted octanol–water partition coefficient (Wildman–Crippen LogP) is 1.91. The first-order valence-corrected chi connectivity index (χ1v) is 6.40. The zero-order chi connectivity index (χ0) is 12.1. The van der Waals surface area contributed by atoms with E-state index in [2.05, 4.69) is 17.4 Å². The molecule has 1 aromatic rings. The average molecular weight is 234 g/mol. The summed E-state index contributed by atoms with van der Waals surface area (Å²) in [6, 6.07) is 8.74. The average Bonchev–Trinajstić information content (AvgIpc) is 2.84. The number of methoxy groups -OCH3 is 1. The van der Waals surface area contributed by atoms with Gasteiger partial charge in [-0.3, -0.25) is 0 Å². The maximum absolute atomic E-state index is 5.78. The highest BCUT2D eigenvalue weighted by atomic mass is 16.5. The molecule has 3 nitrogen and oxygen atoms in total. The molecule has 0 bridgehead atoms. The van der Waals surface area contributed by atoms with E-state index < -0.39 is 0 Å². The van der Waals surface area contributed by atoms with Crippen LogP contribution in [0.2, 0.25) is 0 Å². The van der Waals surface area contributed by atoms with Crippen LogP contribution in [-0.2, 0) is 6.54 Å². The van der Waals surface area contributed by atoms with Gasteiger partial charge in [0.1, 0.15) is 5.75 Å². The molecular weight excluding hydrogens is 212 g/mol. The Balaban J connectivity index is 1.93. The fourth-order valence-corrected chi connectivity index (χ4v) is 2.68. The van der Waals surface area contributed by atoms with E-state index in [0.29, 0.717) is 12.0 Å². The first kappa shape index (κ1) is 12.4. The summed E-state index contributed by atoms with van der Waals surface area (Å²) in [5.41, 5.74) is 7.00. The van der Waals surface area contributed by atoms with Crippen molar-refractivity contribution in [3.8, 4) is 5.75 Å². The fourth-order valence-electron chi connectivity index (χ4n) is 2.68. The van der Waals surface area contributed by atoms with Crippen LogP contribution in [0.3, 0.4) is 0 Å². The van der Waals surface area contributed by atoms with E-state index in [1.807, 2.05) is 12.1 Å². The Kier molecular flexibility index (Phi) is 4.40. The van der Waals surface area contributed by atoms with E-state index in [-0.39, 0.29) is 0 Å². The normalized spacial score (nSPS) is 23.9. The van der Waals surface area contributed by atoms with Crippen molar-refractivity contribution in [3.63, 3.8) is 0 Å². The van der Waals surface area contributed by atoms with Gasteiger partial charge in [-0.05, 0) is 31.4 Å². The molecule has 0 saturated heterocycles. The molecule has 0 heterocycles. The molecule has 1 aliphatic rings. The fraction of sp³-hybridized carbons (Fsp3) is 0.571. The zero-order valence-electron chi connectivity index (χ0n) is 10.5. The van der Waals surface area contributed by atoms with Gasteiger partial charge >= 0.3 is 0 Å². The molecule has 1 aromatic carbocycles. The number of nitrogens with two attached hydrogens (primary N) is 1. The number of ether oxygens (including phenoxy) is 1. The van der Waals surface area contributed by atoms with Gasteiger partial charge in [0.15, 0.2) is 0 Å². The quantitative estimate of drug-likeness (QED) is 0.818. The molecule has 2 atom stereocenters. The van der Waals surface area contributed by atoms with Gasteiger partial charge in [0.25, 0.3) is 0 Å². The Morgan fingerprint density at radius 1 is 1.35 bits per heavy atom. The second kappa shape index (κ2) is 6.03. The standard InChI is InChI=1S/C14H22N2O/c1-17-14-8-3-2-5-12(14)10-16-13-7-4-6-11(13)9-15/h2-3,5,8,11,13,16H,4,6-7,9-10,15H2,1H3.